The Morgan fingerprint density at radius 3 is 2.86 bits per heavy atom. The van der Waals surface area contributed by atoms with Gasteiger partial charge in [0.25, 0.3) is 0 Å². The van der Waals surface area contributed by atoms with E-state index in [9.17, 15) is 4.79 Å². The van der Waals surface area contributed by atoms with Crippen LogP contribution < -0.4 is 10.2 Å². The standard InChI is InChI=1S/C18H20N2O/c1-13-6-5-8-16(10-13)19-18(21)12-20-14(2)11-15-7-3-4-9-17(15)20/h3-10,14H,11-12H2,1-2H3,(H,19,21)/t14-/m1/s1. The first kappa shape index (κ1) is 13.7. The first-order chi connectivity index (χ1) is 10.1. The maximum atomic E-state index is 12.3. The molecule has 1 amide bonds. The summed E-state index contributed by atoms with van der Waals surface area (Å²) in [5.74, 6) is 0.0316. The molecule has 0 aromatic heterocycles. The molecule has 0 unspecified atom stereocenters. The number of hydrogen-bond donors (Lipinski definition) is 1. The topological polar surface area (TPSA) is 32.3 Å². The number of rotatable bonds is 3. The molecule has 0 radical (unpaired) electrons. The second-order valence-electron chi connectivity index (χ2n) is 5.73. The van der Waals surface area contributed by atoms with E-state index in [0.29, 0.717) is 12.6 Å². The number of nitrogens with one attached hydrogen (secondary N) is 1. The highest BCUT2D eigenvalue weighted by Crippen LogP contribution is 2.31. The van der Waals surface area contributed by atoms with Crippen molar-refractivity contribution < 1.29 is 4.79 Å². The van der Waals surface area contributed by atoms with Crippen molar-refractivity contribution in [2.45, 2.75) is 26.3 Å². The molecule has 3 nitrogen and oxygen atoms in total. The van der Waals surface area contributed by atoms with Crippen LogP contribution in [0.5, 0.6) is 0 Å². The highest BCUT2D eigenvalue weighted by atomic mass is 16.2. The minimum atomic E-state index is 0.0316. The van der Waals surface area contributed by atoms with Crippen LogP contribution in [0.25, 0.3) is 0 Å². The van der Waals surface area contributed by atoms with E-state index in [1.54, 1.807) is 0 Å². The number of benzene rings is 2. The number of aryl methyl sites for hydroxylation is 1. The van der Waals surface area contributed by atoms with Crippen molar-refractivity contribution in [1.82, 2.24) is 0 Å². The van der Waals surface area contributed by atoms with Gasteiger partial charge in [0.15, 0.2) is 0 Å². The summed E-state index contributed by atoms with van der Waals surface area (Å²) < 4.78 is 0. The molecule has 1 aliphatic rings. The summed E-state index contributed by atoms with van der Waals surface area (Å²) in [5, 5.41) is 2.98. The molecule has 1 N–H and O–H groups in total. The van der Waals surface area contributed by atoms with E-state index >= 15 is 0 Å². The maximum absolute atomic E-state index is 12.3. The maximum Gasteiger partial charge on any atom is 0.243 e. The van der Waals surface area contributed by atoms with Crippen molar-refractivity contribution >= 4 is 17.3 Å². The van der Waals surface area contributed by atoms with Crippen LogP contribution in [0.2, 0.25) is 0 Å². The second kappa shape index (κ2) is 5.60. The number of carbonyl (C=O) groups is 1. The van der Waals surface area contributed by atoms with Crippen molar-refractivity contribution in [3.63, 3.8) is 0 Å². The average molecular weight is 280 g/mol. The smallest absolute Gasteiger partial charge is 0.243 e. The lowest BCUT2D eigenvalue weighted by Gasteiger charge is -2.24. The van der Waals surface area contributed by atoms with Gasteiger partial charge in [0.1, 0.15) is 0 Å². The molecule has 0 fully saturated rings. The Kier molecular flexibility index (Phi) is 3.65. The third kappa shape index (κ3) is 2.92. The lowest BCUT2D eigenvalue weighted by Crippen LogP contribution is -2.37. The highest BCUT2D eigenvalue weighted by Gasteiger charge is 2.26. The summed E-state index contributed by atoms with van der Waals surface area (Å²) in [6.07, 6.45) is 1.01. The predicted molar refractivity (Wildman–Crippen MR) is 86.8 cm³/mol. The summed E-state index contributed by atoms with van der Waals surface area (Å²) >= 11 is 0. The van der Waals surface area contributed by atoms with Crippen molar-refractivity contribution in [2.75, 3.05) is 16.8 Å². The molecule has 3 heteroatoms. The first-order valence-corrected chi connectivity index (χ1v) is 7.34. The van der Waals surface area contributed by atoms with Crippen molar-refractivity contribution in [2.24, 2.45) is 0 Å². The zero-order valence-electron chi connectivity index (χ0n) is 12.5. The van der Waals surface area contributed by atoms with Crippen LogP contribution in [-0.2, 0) is 11.2 Å². The zero-order chi connectivity index (χ0) is 14.8. The van der Waals surface area contributed by atoms with Gasteiger partial charge in [0.2, 0.25) is 5.91 Å². The third-order valence-corrected chi connectivity index (χ3v) is 3.96. The summed E-state index contributed by atoms with van der Waals surface area (Å²) in [7, 11) is 0. The second-order valence-corrected chi connectivity index (χ2v) is 5.73. The molecule has 1 atom stereocenters. The zero-order valence-corrected chi connectivity index (χ0v) is 12.5. The predicted octanol–water partition coefficient (Wildman–Crippen LogP) is 3.38. The number of amides is 1. The molecule has 21 heavy (non-hydrogen) atoms. The van der Waals surface area contributed by atoms with Crippen molar-refractivity contribution in [3.8, 4) is 0 Å². The van der Waals surface area contributed by atoms with E-state index in [-0.39, 0.29) is 5.91 Å². The number of carbonyl (C=O) groups excluding carboxylic acids is 1. The molecule has 2 aromatic rings. The fourth-order valence-electron chi connectivity index (χ4n) is 2.95. The Hall–Kier alpha value is -2.29. The summed E-state index contributed by atoms with van der Waals surface area (Å²) in [6.45, 7) is 4.58. The van der Waals surface area contributed by atoms with Gasteiger partial charge < -0.3 is 10.2 Å². The van der Waals surface area contributed by atoms with Gasteiger partial charge in [-0.25, -0.2) is 0 Å². The molecule has 0 spiro atoms. The van der Waals surface area contributed by atoms with E-state index in [1.807, 2.05) is 37.3 Å². The van der Waals surface area contributed by atoms with Gasteiger partial charge in [0, 0.05) is 17.4 Å². The first-order valence-electron chi connectivity index (χ1n) is 7.34. The van der Waals surface area contributed by atoms with Crippen LogP contribution in [0.3, 0.4) is 0 Å². The Morgan fingerprint density at radius 1 is 1.24 bits per heavy atom. The van der Waals surface area contributed by atoms with Gasteiger partial charge in [-0.2, -0.15) is 0 Å². The lowest BCUT2D eigenvalue weighted by molar-refractivity contribution is -0.115. The fourth-order valence-corrected chi connectivity index (χ4v) is 2.95. The summed E-state index contributed by atoms with van der Waals surface area (Å²) in [6, 6.07) is 16.6. The van der Waals surface area contributed by atoms with Crippen LogP contribution in [-0.4, -0.2) is 18.5 Å². The molecule has 0 aliphatic carbocycles. The molecular weight excluding hydrogens is 260 g/mol. The number of nitrogens with zero attached hydrogens (tertiary/aromatic N) is 1. The Balaban J connectivity index is 1.70. The molecule has 0 saturated carbocycles. The largest absolute Gasteiger partial charge is 0.359 e. The third-order valence-electron chi connectivity index (χ3n) is 3.96. The normalized spacial score (nSPS) is 16.7. The Bertz CT molecular complexity index is 666. The monoisotopic (exact) mass is 280 g/mol. The average Bonchev–Trinajstić information content (AvgIpc) is 2.75. The van der Waals surface area contributed by atoms with E-state index in [2.05, 4.69) is 35.3 Å². The Morgan fingerprint density at radius 2 is 2.05 bits per heavy atom. The van der Waals surface area contributed by atoms with Crippen LogP contribution in [0.4, 0.5) is 11.4 Å². The van der Waals surface area contributed by atoms with E-state index in [0.717, 1.165) is 17.7 Å². The SMILES string of the molecule is Cc1cccc(NC(=O)CN2c3ccccc3C[C@H]2C)c1. The molecule has 0 saturated heterocycles. The van der Waals surface area contributed by atoms with Crippen molar-refractivity contribution in [1.29, 1.82) is 0 Å². The van der Waals surface area contributed by atoms with Gasteiger partial charge >= 0.3 is 0 Å². The van der Waals surface area contributed by atoms with Crippen LogP contribution in [0.15, 0.2) is 48.5 Å². The fraction of sp³-hybridized carbons (Fsp3) is 0.278. The minimum Gasteiger partial charge on any atom is -0.359 e. The van der Waals surface area contributed by atoms with Crippen LogP contribution >= 0.6 is 0 Å². The van der Waals surface area contributed by atoms with Crippen molar-refractivity contribution in [3.05, 3.63) is 59.7 Å². The summed E-state index contributed by atoms with van der Waals surface area (Å²) in [4.78, 5) is 14.5. The van der Waals surface area contributed by atoms with E-state index in [4.69, 9.17) is 0 Å². The molecule has 2 aromatic carbocycles. The molecule has 0 bridgehead atoms. The molecular formula is C18H20N2O. The van der Waals surface area contributed by atoms with Gasteiger partial charge in [-0.05, 0) is 49.6 Å². The van der Waals surface area contributed by atoms with Crippen LogP contribution in [0, 0.1) is 6.92 Å². The lowest BCUT2D eigenvalue weighted by atomic mass is 10.1. The highest BCUT2D eigenvalue weighted by molar-refractivity contribution is 5.94. The molecule has 1 aliphatic heterocycles. The van der Waals surface area contributed by atoms with Gasteiger partial charge in [-0.1, -0.05) is 30.3 Å². The molecule has 1 heterocycles. The quantitative estimate of drug-likeness (QED) is 0.934. The number of hydrogen-bond acceptors (Lipinski definition) is 2. The molecule has 108 valence electrons. The van der Waals surface area contributed by atoms with E-state index in [1.165, 1.54) is 11.3 Å². The Labute approximate surface area is 125 Å². The minimum absolute atomic E-state index is 0.0316. The van der Waals surface area contributed by atoms with E-state index < -0.39 is 0 Å². The number of para-hydroxylation sites is 1. The van der Waals surface area contributed by atoms with Gasteiger partial charge in [-0.3, -0.25) is 4.79 Å². The summed E-state index contributed by atoms with van der Waals surface area (Å²) in [5.41, 5.74) is 4.52. The van der Waals surface area contributed by atoms with Gasteiger partial charge in [-0.15, -0.1) is 0 Å². The molecule has 3 rings (SSSR count). The number of fused-ring (bicyclic) bond motifs is 1. The van der Waals surface area contributed by atoms with Crippen LogP contribution in [0.1, 0.15) is 18.1 Å². The number of anilines is 2. The van der Waals surface area contributed by atoms with Gasteiger partial charge in [0.05, 0.1) is 6.54 Å².